The van der Waals surface area contributed by atoms with Gasteiger partial charge in [-0.05, 0) is 29.7 Å². The van der Waals surface area contributed by atoms with Crippen LogP contribution in [0.3, 0.4) is 0 Å². The van der Waals surface area contributed by atoms with Crippen molar-refractivity contribution < 1.29 is 14.4 Å². The molecule has 2 N–H and O–H groups in total. The van der Waals surface area contributed by atoms with Crippen LogP contribution in [0.25, 0.3) is 0 Å². The van der Waals surface area contributed by atoms with Gasteiger partial charge in [-0.3, -0.25) is 19.4 Å². The maximum atomic E-state index is 13.2. The lowest BCUT2D eigenvalue weighted by Gasteiger charge is -2.24. The van der Waals surface area contributed by atoms with E-state index in [2.05, 4.69) is 4.98 Å². The number of pyridine rings is 1. The second kappa shape index (κ2) is 6.50. The number of aromatic nitrogens is 1. The van der Waals surface area contributed by atoms with E-state index in [1.807, 2.05) is 30.3 Å². The largest absolute Gasteiger partial charge is 0.368 e. The molecular formula is C20H20N4O3. The van der Waals surface area contributed by atoms with Crippen molar-refractivity contribution in [2.45, 2.75) is 18.3 Å². The van der Waals surface area contributed by atoms with E-state index in [-0.39, 0.29) is 24.8 Å². The summed E-state index contributed by atoms with van der Waals surface area (Å²) < 4.78 is 0. The Morgan fingerprint density at radius 3 is 2.74 bits per heavy atom. The Bertz CT molecular complexity index is 914. The second-order valence-electron chi connectivity index (χ2n) is 7.06. The van der Waals surface area contributed by atoms with E-state index in [4.69, 9.17) is 5.73 Å². The van der Waals surface area contributed by atoms with E-state index in [0.29, 0.717) is 25.2 Å². The summed E-state index contributed by atoms with van der Waals surface area (Å²) >= 11 is 0. The predicted octanol–water partition coefficient (Wildman–Crippen LogP) is 0.626. The van der Waals surface area contributed by atoms with Crippen molar-refractivity contribution in [3.63, 3.8) is 0 Å². The molecule has 1 fully saturated rings. The van der Waals surface area contributed by atoms with Crippen LogP contribution < -0.4 is 10.6 Å². The maximum absolute atomic E-state index is 13.2. The molecule has 0 aliphatic carbocycles. The van der Waals surface area contributed by atoms with Crippen LogP contribution in [0, 0.1) is 0 Å². The monoisotopic (exact) mass is 364 g/mol. The summed E-state index contributed by atoms with van der Waals surface area (Å²) in [6.45, 7) is 0.669. The van der Waals surface area contributed by atoms with Crippen LogP contribution in [0.2, 0.25) is 0 Å². The molecule has 1 saturated heterocycles. The standard InChI is InChI=1S/C20H20N4O3/c21-17(25)12-24-16-6-2-1-5-15(16)20(19(24)27)7-9-23(13-20)18(26)10-14-4-3-8-22-11-14/h1-6,8,11H,7,9-10,12-13H2,(H2,21,25)/t20-/m1/s1. The first-order valence-electron chi connectivity index (χ1n) is 8.88. The molecule has 0 saturated carbocycles. The summed E-state index contributed by atoms with van der Waals surface area (Å²) in [6, 6.07) is 11.1. The number of hydrogen-bond acceptors (Lipinski definition) is 4. The number of primary amides is 1. The molecule has 138 valence electrons. The summed E-state index contributed by atoms with van der Waals surface area (Å²) in [5, 5.41) is 0. The molecule has 3 heterocycles. The quantitative estimate of drug-likeness (QED) is 0.860. The number of amides is 3. The first-order valence-corrected chi connectivity index (χ1v) is 8.88. The van der Waals surface area contributed by atoms with Crippen LogP contribution in [0.4, 0.5) is 5.69 Å². The van der Waals surface area contributed by atoms with Gasteiger partial charge in [-0.2, -0.15) is 0 Å². The summed E-state index contributed by atoms with van der Waals surface area (Å²) in [5.74, 6) is -0.740. The SMILES string of the molecule is NC(=O)CN1C(=O)[C@@]2(CCN(C(=O)Cc3cccnc3)C2)c2ccccc21. The number of anilines is 1. The molecule has 27 heavy (non-hydrogen) atoms. The Kier molecular flexibility index (Phi) is 4.14. The van der Waals surface area contributed by atoms with Gasteiger partial charge < -0.3 is 15.5 Å². The zero-order valence-electron chi connectivity index (χ0n) is 14.8. The molecule has 2 aliphatic heterocycles. The number of rotatable bonds is 4. The minimum atomic E-state index is -0.795. The molecule has 7 nitrogen and oxygen atoms in total. The Morgan fingerprint density at radius 2 is 2.00 bits per heavy atom. The topological polar surface area (TPSA) is 96.6 Å². The van der Waals surface area contributed by atoms with Crippen LogP contribution in [-0.2, 0) is 26.2 Å². The van der Waals surface area contributed by atoms with E-state index in [1.54, 1.807) is 23.4 Å². The van der Waals surface area contributed by atoms with Crippen molar-refractivity contribution >= 4 is 23.4 Å². The minimum Gasteiger partial charge on any atom is -0.368 e. The van der Waals surface area contributed by atoms with E-state index in [1.165, 1.54) is 4.90 Å². The second-order valence-corrected chi connectivity index (χ2v) is 7.06. The fourth-order valence-corrected chi connectivity index (χ4v) is 4.12. The highest BCUT2D eigenvalue weighted by atomic mass is 16.2. The molecule has 4 rings (SSSR count). The number of nitrogens with zero attached hydrogens (tertiary/aromatic N) is 3. The number of benzene rings is 1. The lowest BCUT2D eigenvalue weighted by Crippen LogP contribution is -2.45. The minimum absolute atomic E-state index is 0.0292. The summed E-state index contributed by atoms with van der Waals surface area (Å²) in [5.41, 5.74) is 6.97. The van der Waals surface area contributed by atoms with Crippen LogP contribution in [0.1, 0.15) is 17.5 Å². The van der Waals surface area contributed by atoms with Crippen LogP contribution >= 0.6 is 0 Å². The number of carbonyl (C=O) groups is 3. The molecule has 1 aromatic heterocycles. The Morgan fingerprint density at radius 1 is 1.19 bits per heavy atom. The van der Waals surface area contributed by atoms with E-state index < -0.39 is 11.3 Å². The lowest BCUT2D eigenvalue weighted by atomic mass is 9.81. The Hall–Kier alpha value is -3.22. The zero-order valence-corrected chi connectivity index (χ0v) is 14.8. The van der Waals surface area contributed by atoms with Crippen molar-refractivity contribution in [3.8, 4) is 0 Å². The number of para-hydroxylation sites is 1. The van der Waals surface area contributed by atoms with Gasteiger partial charge in [0.15, 0.2) is 0 Å². The molecule has 1 spiro atoms. The maximum Gasteiger partial charge on any atom is 0.240 e. The highest BCUT2D eigenvalue weighted by molar-refractivity contribution is 6.11. The third-order valence-electron chi connectivity index (χ3n) is 5.38. The molecule has 3 amide bonds. The van der Waals surface area contributed by atoms with Crippen molar-refractivity contribution in [3.05, 3.63) is 59.9 Å². The first-order chi connectivity index (χ1) is 13.0. The zero-order chi connectivity index (χ0) is 19.0. The highest BCUT2D eigenvalue weighted by Gasteiger charge is 2.55. The van der Waals surface area contributed by atoms with Crippen LogP contribution in [-0.4, -0.2) is 47.2 Å². The molecule has 0 unspecified atom stereocenters. The fraction of sp³-hybridized carbons (Fsp3) is 0.300. The average Bonchev–Trinajstić information content (AvgIpc) is 3.20. The number of hydrogen-bond donors (Lipinski definition) is 1. The summed E-state index contributed by atoms with van der Waals surface area (Å²) in [4.78, 5) is 44.6. The summed E-state index contributed by atoms with van der Waals surface area (Å²) in [6.07, 6.45) is 4.14. The molecule has 2 aliphatic rings. The van der Waals surface area contributed by atoms with Crippen molar-refractivity contribution in [1.82, 2.24) is 9.88 Å². The number of carbonyl (C=O) groups excluding carboxylic acids is 3. The van der Waals surface area contributed by atoms with Gasteiger partial charge in [-0.1, -0.05) is 24.3 Å². The van der Waals surface area contributed by atoms with E-state index in [9.17, 15) is 14.4 Å². The van der Waals surface area contributed by atoms with Gasteiger partial charge in [0.05, 0.1) is 11.8 Å². The third kappa shape index (κ3) is 2.85. The van der Waals surface area contributed by atoms with Gasteiger partial charge in [-0.25, -0.2) is 0 Å². The highest BCUT2D eigenvalue weighted by Crippen LogP contribution is 2.47. The Balaban J connectivity index is 1.60. The Labute approximate surface area is 156 Å². The van der Waals surface area contributed by atoms with Gasteiger partial charge in [-0.15, -0.1) is 0 Å². The van der Waals surface area contributed by atoms with Crippen LogP contribution in [0.15, 0.2) is 48.8 Å². The van der Waals surface area contributed by atoms with Gasteiger partial charge in [0.1, 0.15) is 6.54 Å². The molecule has 0 bridgehead atoms. The van der Waals surface area contributed by atoms with Crippen molar-refractivity contribution in [1.29, 1.82) is 0 Å². The average molecular weight is 364 g/mol. The van der Waals surface area contributed by atoms with Gasteiger partial charge in [0.25, 0.3) is 0 Å². The smallest absolute Gasteiger partial charge is 0.240 e. The molecule has 1 atom stereocenters. The number of fused-ring (bicyclic) bond motifs is 2. The number of likely N-dealkylation sites (tertiary alicyclic amines) is 1. The van der Waals surface area contributed by atoms with Gasteiger partial charge in [0.2, 0.25) is 17.7 Å². The van der Waals surface area contributed by atoms with Crippen LogP contribution in [0.5, 0.6) is 0 Å². The fourth-order valence-electron chi connectivity index (χ4n) is 4.12. The number of nitrogens with two attached hydrogens (primary N) is 1. The predicted molar refractivity (Wildman–Crippen MR) is 98.8 cm³/mol. The normalized spacial score (nSPS) is 21.0. The van der Waals surface area contributed by atoms with Crippen molar-refractivity contribution in [2.75, 3.05) is 24.5 Å². The first kappa shape index (κ1) is 17.2. The molecule has 7 heteroatoms. The van der Waals surface area contributed by atoms with E-state index >= 15 is 0 Å². The molecule has 2 aromatic rings. The van der Waals surface area contributed by atoms with E-state index in [0.717, 1.165) is 11.1 Å². The van der Waals surface area contributed by atoms with Crippen molar-refractivity contribution in [2.24, 2.45) is 5.73 Å². The lowest BCUT2D eigenvalue weighted by molar-refractivity contribution is -0.130. The summed E-state index contributed by atoms with van der Waals surface area (Å²) in [7, 11) is 0. The molecule has 0 radical (unpaired) electrons. The van der Waals surface area contributed by atoms with Gasteiger partial charge in [0, 0.05) is 31.2 Å². The molecule has 1 aromatic carbocycles. The van der Waals surface area contributed by atoms with Gasteiger partial charge >= 0.3 is 0 Å². The third-order valence-corrected chi connectivity index (χ3v) is 5.38. The molecular weight excluding hydrogens is 344 g/mol.